The molecule has 0 saturated carbocycles. The van der Waals surface area contributed by atoms with E-state index in [0.717, 1.165) is 11.1 Å². The smallest absolute Gasteiger partial charge is 0.319 e. The van der Waals surface area contributed by atoms with Crippen molar-refractivity contribution in [3.05, 3.63) is 64.4 Å². The van der Waals surface area contributed by atoms with Crippen LogP contribution in [-0.4, -0.2) is 6.03 Å². The second-order valence-corrected chi connectivity index (χ2v) is 4.84. The molecule has 0 aliphatic carbocycles. The zero-order valence-corrected chi connectivity index (χ0v) is 12.0. The fraction of sp³-hybridized carbons (Fsp3) is 0.133. The molecular weight excluding hydrogens is 293 g/mol. The summed E-state index contributed by atoms with van der Waals surface area (Å²) in [7, 11) is 0. The largest absolute Gasteiger partial charge is 0.334 e. The van der Waals surface area contributed by atoms with E-state index in [1.807, 2.05) is 24.3 Å². The third kappa shape index (κ3) is 4.18. The first kappa shape index (κ1) is 15.3. The SMILES string of the molecule is NCc1cccc(CNC(=O)Nc2c(F)cccc2Cl)c1. The predicted molar refractivity (Wildman–Crippen MR) is 81.6 cm³/mol. The lowest BCUT2D eigenvalue weighted by atomic mass is 10.1. The number of benzene rings is 2. The van der Waals surface area contributed by atoms with Crippen LogP contribution in [0.3, 0.4) is 0 Å². The lowest BCUT2D eigenvalue weighted by Crippen LogP contribution is -2.28. The fourth-order valence-corrected chi connectivity index (χ4v) is 2.03. The molecule has 0 radical (unpaired) electrons. The molecule has 21 heavy (non-hydrogen) atoms. The molecule has 6 heteroatoms. The Morgan fingerprint density at radius 2 is 1.90 bits per heavy atom. The maximum Gasteiger partial charge on any atom is 0.319 e. The van der Waals surface area contributed by atoms with Crippen molar-refractivity contribution in [2.45, 2.75) is 13.1 Å². The number of carbonyl (C=O) groups excluding carboxylic acids is 1. The first-order valence-corrected chi connectivity index (χ1v) is 6.74. The van der Waals surface area contributed by atoms with Crippen LogP contribution in [0.15, 0.2) is 42.5 Å². The highest BCUT2D eigenvalue weighted by Gasteiger charge is 2.10. The Hall–Kier alpha value is -2.11. The van der Waals surface area contributed by atoms with E-state index < -0.39 is 11.8 Å². The monoisotopic (exact) mass is 307 g/mol. The van der Waals surface area contributed by atoms with Gasteiger partial charge in [-0.1, -0.05) is 41.9 Å². The van der Waals surface area contributed by atoms with Gasteiger partial charge in [0, 0.05) is 13.1 Å². The molecular formula is C15H15ClFN3O. The Morgan fingerprint density at radius 3 is 2.62 bits per heavy atom. The minimum atomic E-state index is -0.581. The molecule has 0 fully saturated rings. The van der Waals surface area contributed by atoms with Gasteiger partial charge in [0.05, 0.1) is 10.7 Å². The number of para-hydroxylation sites is 1. The van der Waals surface area contributed by atoms with Crippen molar-refractivity contribution in [1.29, 1.82) is 0 Å². The summed E-state index contributed by atoms with van der Waals surface area (Å²) >= 11 is 5.83. The minimum Gasteiger partial charge on any atom is -0.334 e. The number of carbonyl (C=O) groups is 1. The number of amides is 2. The number of hydrogen-bond acceptors (Lipinski definition) is 2. The molecule has 0 bridgehead atoms. The summed E-state index contributed by atoms with van der Waals surface area (Å²) in [6.07, 6.45) is 0. The third-order valence-corrected chi connectivity index (χ3v) is 3.20. The number of rotatable bonds is 4. The summed E-state index contributed by atoms with van der Waals surface area (Å²) in [5, 5.41) is 5.18. The molecule has 2 aromatic carbocycles. The van der Waals surface area contributed by atoms with E-state index in [2.05, 4.69) is 10.6 Å². The minimum absolute atomic E-state index is 0.0348. The highest BCUT2D eigenvalue weighted by atomic mass is 35.5. The average molecular weight is 308 g/mol. The van der Waals surface area contributed by atoms with Gasteiger partial charge in [-0.25, -0.2) is 9.18 Å². The van der Waals surface area contributed by atoms with Gasteiger partial charge in [-0.05, 0) is 23.3 Å². The number of anilines is 1. The van der Waals surface area contributed by atoms with Crippen LogP contribution in [0.25, 0.3) is 0 Å². The van der Waals surface area contributed by atoms with Crippen molar-refractivity contribution in [3.8, 4) is 0 Å². The Bertz CT molecular complexity index is 628. The molecule has 0 atom stereocenters. The first-order valence-electron chi connectivity index (χ1n) is 6.37. The molecule has 0 aromatic heterocycles. The molecule has 2 aromatic rings. The lowest BCUT2D eigenvalue weighted by molar-refractivity contribution is 0.251. The molecule has 2 amide bonds. The number of nitrogens with one attached hydrogen (secondary N) is 2. The molecule has 0 aliphatic rings. The van der Waals surface area contributed by atoms with Crippen LogP contribution in [0.5, 0.6) is 0 Å². The summed E-state index contributed by atoms with van der Waals surface area (Å²) in [6.45, 7) is 0.747. The molecule has 2 rings (SSSR count). The maximum atomic E-state index is 13.5. The van der Waals surface area contributed by atoms with E-state index in [-0.39, 0.29) is 10.7 Å². The summed E-state index contributed by atoms with van der Waals surface area (Å²) in [6, 6.07) is 11.2. The molecule has 4 N–H and O–H groups in total. The van der Waals surface area contributed by atoms with E-state index in [9.17, 15) is 9.18 Å². The Morgan fingerprint density at radius 1 is 1.19 bits per heavy atom. The van der Waals surface area contributed by atoms with E-state index in [4.69, 9.17) is 17.3 Å². The van der Waals surface area contributed by atoms with Gasteiger partial charge >= 0.3 is 6.03 Å². The van der Waals surface area contributed by atoms with Gasteiger partial charge in [0.2, 0.25) is 0 Å². The van der Waals surface area contributed by atoms with E-state index in [1.54, 1.807) is 0 Å². The van der Waals surface area contributed by atoms with Gasteiger partial charge in [-0.15, -0.1) is 0 Å². The van der Waals surface area contributed by atoms with E-state index in [1.165, 1.54) is 18.2 Å². The predicted octanol–water partition coefficient (Wildman–Crippen LogP) is 3.26. The molecule has 0 heterocycles. The maximum absolute atomic E-state index is 13.5. The normalized spacial score (nSPS) is 10.2. The van der Waals surface area contributed by atoms with Crippen LogP contribution in [-0.2, 0) is 13.1 Å². The number of hydrogen-bond donors (Lipinski definition) is 3. The van der Waals surface area contributed by atoms with Gasteiger partial charge in [-0.2, -0.15) is 0 Å². The highest BCUT2D eigenvalue weighted by molar-refractivity contribution is 6.33. The molecule has 110 valence electrons. The molecule has 4 nitrogen and oxygen atoms in total. The fourth-order valence-electron chi connectivity index (χ4n) is 1.82. The second kappa shape index (κ2) is 7.06. The van der Waals surface area contributed by atoms with Gasteiger partial charge in [0.25, 0.3) is 0 Å². The van der Waals surface area contributed by atoms with Crippen molar-refractivity contribution in [1.82, 2.24) is 5.32 Å². The van der Waals surface area contributed by atoms with Crippen molar-refractivity contribution >= 4 is 23.3 Å². The quantitative estimate of drug-likeness (QED) is 0.811. The van der Waals surface area contributed by atoms with Crippen LogP contribution >= 0.6 is 11.6 Å². The summed E-state index contributed by atoms with van der Waals surface area (Å²) < 4.78 is 13.5. The molecule has 0 spiro atoms. The Labute approximate surface area is 127 Å². The summed E-state index contributed by atoms with van der Waals surface area (Å²) in [5.74, 6) is -0.581. The second-order valence-electron chi connectivity index (χ2n) is 4.43. The molecule has 0 unspecified atom stereocenters. The highest BCUT2D eigenvalue weighted by Crippen LogP contribution is 2.24. The van der Waals surface area contributed by atoms with Crippen molar-refractivity contribution in [2.24, 2.45) is 5.73 Å². The Balaban J connectivity index is 1.96. The Kier molecular flexibility index (Phi) is 5.14. The van der Waals surface area contributed by atoms with Gasteiger partial charge in [0.1, 0.15) is 5.82 Å². The van der Waals surface area contributed by atoms with Gasteiger partial charge < -0.3 is 16.4 Å². The van der Waals surface area contributed by atoms with Crippen molar-refractivity contribution in [3.63, 3.8) is 0 Å². The molecule has 0 aliphatic heterocycles. The van der Waals surface area contributed by atoms with Gasteiger partial charge in [-0.3, -0.25) is 0 Å². The number of nitrogens with two attached hydrogens (primary N) is 1. The van der Waals surface area contributed by atoms with Crippen LogP contribution in [0.4, 0.5) is 14.9 Å². The topological polar surface area (TPSA) is 67.1 Å². The van der Waals surface area contributed by atoms with Crippen molar-refractivity contribution in [2.75, 3.05) is 5.32 Å². The van der Waals surface area contributed by atoms with Crippen LogP contribution in [0.2, 0.25) is 5.02 Å². The van der Waals surface area contributed by atoms with Crippen LogP contribution in [0.1, 0.15) is 11.1 Å². The first-order chi connectivity index (χ1) is 10.1. The van der Waals surface area contributed by atoms with E-state index in [0.29, 0.717) is 13.1 Å². The molecule has 0 saturated heterocycles. The zero-order chi connectivity index (χ0) is 15.2. The average Bonchev–Trinajstić information content (AvgIpc) is 2.49. The lowest BCUT2D eigenvalue weighted by Gasteiger charge is -2.10. The van der Waals surface area contributed by atoms with E-state index >= 15 is 0 Å². The number of urea groups is 1. The van der Waals surface area contributed by atoms with Gasteiger partial charge in [0.15, 0.2) is 0 Å². The van der Waals surface area contributed by atoms with Crippen molar-refractivity contribution < 1.29 is 9.18 Å². The number of halogens is 2. The van der Waals surface area contributed by atoms with Crippen LogP contribution < -0.4 is 16.4 Å². The third-order valence-electron chi connectivity index (χ3n) is 2.88. The summed E-state index contributed by atoms with van der Waals surface area (Å²) in [4.78, 5) is 11.8. The summed E-state index contributed by atoms with van der Waals surface area (Å²) in [5.41, 5.74) is 7.41. The standard InChI is InChI=1S/C15H15ClFN3O/c16-12-5-2-6-13(17)14(12)20-15(21)19-9-11-4-1-3-10(7-11)8-18/h1-7H,8-9,18H2,(H2,19,20,21). The zero-order valence-electron chi connectivity index (χ0n) is 11.2. The van der Waals surface area contributed by atoms with Crippen LogP contribution in [0, 0.1) is 5.82 Å².